The second-order valence-electron chi connectivity index (χ2n) is 3.06. The highest BCUT2D eigenvalue weighted by atomic mass is 32.1. The number of methoxy groups -OCH3 is 1. The van der Waals surface area contributed by atoms with E-state index in [2.05, 4.69) is 36.2 Å². The SMILES string of the molecule is COc1ncc(-c2cccc(C)c2)s1. The molecule has 0 fully saturated rings. The zero-order chi connectivity index (χ0) is 9.97. The predicted molar refractivity (Wildman–Crippen MR) is 58.8 cm³/mol. The van der Waals surface area contributed by atoms with Crippen molar-refractivity contribution in [2.24, 2.45) is 0 Å². The van der Waals surface area contributed by atoms with Crippen molar-refractivity contribution in [3.8, 4) is 15.6 Å². The number of benzene rings is 1. The van der Waals surface area contributed by atoms with Crippen LogP contribution >= 0.6 is 11.3 Å². The third kappa shape index (κ3) is 1.77. The van der Waals surface area contributed by atoms with Crippen LogP contribution in [0.5, 0.6) is 5.19 Å². The van der Waals surface area contributed by atoms with Crippen LogP contribution in [0.1, 0.15) is 5.56 Å². The standard InChI is InChI=1S/C11H11NOS/c1-8-4-3-5-9(6-8)10-7-12-11(13-2)14-10/h3-7H,1-2H3. The third-order valence-electron chi connectivity index (χ3n) is 1.96. The van der Waals surface area contributed by atoms with E-state index in [4.69, 9.17) is 4.74 Å². The van der Waals surface area contributed by atoms with E-state index in [0.717, 1.165) is 4.88 Å². The highest BCUT2D eigenvalue weighted by molar-refractivity contribution is 7.16. The molecule has 0 N–H and O–H groups in total. The Morgan fingerprint density at radius 2 is 2.21 bits per heavy atom. The van der Waals surface area contributed by atoms with Crippen LogP contribution in [0.25, 0.3) is 10.4 Å². The predicted octanol–water partition coefficient (Wildman–Crippen LogP) is 3.13. The first-order valence-electron chi connectivity index (χ1n) is 4.36. The monoisotopic (exact) mass is 205 g/mol. The molecule has 3 heteroatoms. The third-order valence-corrected chi connectivity index (χ3v) is 2.97. The lowest BCUT2D eigenvalue weighted by Gasteiger charge is -1.97. The summed E-state index contributed by atoms with van der Waals surface area (Å²) in [6, 6.07) is 8.37. The van der Waals surface area contributed by atoms with Crippen molar-refractivity contribution in [2.45, 2.75) is 6.92 Å². The second kappa shape index (κ2) is 3.80. The minimum atomic E-state index is 0.710. The van der Waals surface area contributed by atoms with Gasteiger partial charge in [0.15, 0.2) is 0 Å². The number of aromatic nitrogens is 1. The van der Waals surface area contributed by atoms with E-state index < -0.39 is 0 Å². The normalized spacial score (nSPS) is 10.1. The van der Waals surface area contributed by atoms with Crippen molar-refractivity contribution in [3.63, 3.8) is 0 Å². The van der Waals surface area contributed by atoms with E-state index in [0.29, 0.717) is 5.19 Å². The summed E-state index contributed by atoms with van der Waals surface area (Å²) in [5.41, 5.74) is 2.46. The molecule has 0 bridgehead atoms. The zero-order valence-corrected chi connectivity index (χ0v) is 8.97. The molecule has 0 saturated carbocycles. The molecule has 0 aliphatic rings. The van der Waals surface area contributed by atoms with Crippen molar-refractivity contribution < 1.29 is 4.74 Å². The summed E-state index contributed by atoms with van der Waals surface area (Å²) < 4.78 is 5.05. The molecule has 1 aromatic carbocycles. The van der Waals surface area contributed by atoms with Crippen LogP contribution < -0.4 is 4.74 Å². The Balaban J connectivity index is 2.39. The van der Waals surface area contributed by atoms with E-state index in [1.165, 1.54) is 11.1 Å². The lowest BCUT2D eigenvalue weighted by atomic mass is 10.1. The van der Waals surface area contributed by atoms with E-state index in [9.17, 15) is 0 Å². The van der Waals surface area contributed by atoms with Gasteiger partial charge >= 0.3 is 0 Å². The van der Waals surface area contributed by atoms with E-state index >= 15 is 0 Å². The van der Waals surface area contributed by atoms with Gasteiger partial charge in [-0.15, -0.1) is 0 Å². The quantitative estimate of drug-likeness (QED) is 0.751. The molecule has 0 spiro atoms. The molecule has 0 aliphatic carbocycles. The average molecular weight is 205 g/mol. The summed E-state index contributed by atoms with van der Waals surface area (Å²) >= 11 is 1.56. The fraction of sp³-hybridized carbons (Fsp3) is 0.182. The van der Waals surface area contributed by atoms with Crippen molar-refractivity contribution >= 4 is 11.3 Å². The minimum absolute atomic E-state index is 0.710. The van der Waals surface area contributed by atoms with Gasteiger partial charge in [0.25, 0.3) is 5.19 Å². The number of hydrogen-bond acceptors (Lipinski definition) is 3. The Morgan fingerprint density at radius 1 is 1.36 bits per heavy atom. The molecule has 2 nitrogen and oxygen atoms in total. The van der Waals surface area contributed by atoms with Crippen LogP contribution in [0.3, 0.4) is 0 Å². The van der Waals surface area contributed by atoms with Gasteiger partial charge in [0.2, 0.25) is 0 Å². The van der Waals surface area contributed by atoms with Crippen LogP contribution in [0.4, 0.5) is 0 Å². The lowest BCUT2D eigenvalue weighted by molar-refractivity contribution is 0.412. The largest absolute Gasteiger partial charge is 0.473 e. The summed E-state index contributed by atoms with van der Waals surface area (Å²) in [4.78, 5) is 5.28. The molecule has 14 heavy (non-hydrogen) atoms. The molecule has 2 rings (SSSR count). The Bertz CT molecular complexity index is 436. The Morgan fingerprint density at radius 3 is 2.86 bits per heavy atom. The topological polar surface area (TPSA) is 22.1 Å². The van der Waals surface area contributed by atoms with Crippen molar-refractivity contribution in [1.82, 2.24) is 4.98 Å². The Hall–Kier alpha value is -1.35. The molecule has 0 saturated heterocycles. The summed E-state index contributed by atoms with van der Waals surface area (Å²) in [6.07, 6.45) is 1.85. The summed E-state index contributed by atoms with van der Waals surface area (Å²) in [5, 5.41) is 0.710. The molecule has 1 heterocycles. The van der Waals surface area contributed by atoms with Crippen LogP contribution in [-0.2, 0) is 0 Å². The molecular formula is C11H11NOS. The first-order valence-corrected chi connectivity index (χ1v) is 5.18. The first-order chi connectivity index (χ1) is 6.79. The fourth-order valence-corrected chi connectivity index (χ4v) is 2.01. The maximum atomic E-state index is 5.05. The summed E-state index contributed by atoms with van der Waals surface area (Å²) in [7, 11) is 1.64. The summed E-state index contributed by atoms with van der Waals surface area (Å²) in [5.74, 6) is 0. The number of hydrogen-bond donors (Lipinski definition) is 0. The van der Waals surface area contributed by atoms with Gasteiger partial charge in [0.1, 0.15) is 0 Å². The van der Waals surface area contributed by atoms with Crippen LogP contribution in [0.2, 0.25) is 0 Å². The number of aryl methyl sites for hydroxylation is 1. The second-order valence-corrected chi connectivity index (χ2v) is 4.06. The lowest BCUT2D eigenvalue weighted by Crippen LogP contribution is -1.76. The minimum Gasteiger partial charge on any atom is -0.473 e. The molecule has 0 aliphatic heterocycles. The van der Waals surface area contributed by atoms with Gasteiger partial charge < -0.3 is 4.74 Å². The number of nitrogens with zero attached hydrogens (tertiary/aromatic N) is 1. The maximum Gasteiger partial charge on any atom is 0.273 e. The summed E-state index contributed by atoms with van der Waals surface area (Å²) in [6.45, 7) is 2.09. The van der Waals surface area contributed by atoms with Crippen molar-refractivity contribution in [3.05, 3.63) is 36.0 Å². The molecule has 0 radical (unpaired) electrons. The van der Waals surface area contributed by atoms with Gasteiger partial charge in [0.05, 0.1) is 12.0 Å². The van der Waals surface area contributed by atoms with Gasteiger partial charge in [-0.2, -0.15) is 0 Å². The van der Waals surface area contributed by atoms with E-state index in [1.54, 1.807) is 18.4 Å². The molecule has 72 valence electrons. The molecule has 0 atom stereocenters. The highest BCUT2D eigenvalue weighted by Gasteiger charge is 2.03. The van der Waals surface area contributed by atoms with E-state index in [-0.39, 0.29) is 0 Å². The van der Waals surface area contributed by atoms with Crippen molar-refractivity contribution in [2.75, 3.05) is 7.11 Å². The van der Waals surface area contributed by atoms with Gasteiger partial charge in [-0.1, -0.05) is 41.2 Å². The molecule has 1 aromatic heterocycles. The zero-order valence-electron chi connectivity index (χ0n) is 8.15. The van der Waals surface area contributed by atoms with Gasteiger partial charge in [0, 0.05) is 6.20 Å². The molecule has 0 unspecified atom stereocenters. The van der Waals surface area contributed by atoms with Gasteiger partial charge in [-0.05, 0) is 12.5 Å². The van der Waals surface area contributed by atoms with Crippen LogP contribution in [0.15, 0.2) is 30.5 Å². The molecule has 0 amide bonds. The number of ether oxygens (including phenoxy) is 1. The molecule has 2 aromatic rings. The average Bonchev–Trinajstić information content (AvgIpc) is 2.66. The van der Waals surface area contributed by atoms with Crippen LogP contribution in [0, 0.1) is 6.92 Å². The van der Waals surface area contributed by atoms with E-state index in [1.807, 2.05) is 6.20 Å². The maximum absolute atomic E-state index is 5.05. The number of thiazole rings is 1. The first kappa shape index (κ1) is 9.21. The van der Waals surface area contributed by atoms with Gasteiger partial charge in [-0.25, -0.2) is 4.98 Å². The van der Waals surface area contributed by atoms with Gasteiger partial charge in [-0.3, -0.25) is 0 Å². The smallest absolute Gasteiger partial charge is 0.273 e. The van der Waals surface area contributed by atoms with Crippen molar-refractivity contribution in [1.29, 1.82) is 0 Å². The number of rotatable bonds is 2. The van der Waals surface area contributed by atoms with Crippen LogP contribution in [-0.4, -0.2) is 12.1 Å². The Kier molecular flexibility index (Phi) is 2.50. The molecular weight excluding hydrogens is 194 g/mol. The fourth-order valence-electron chi connectivity index (χ4n) is 1.28. The highest BCUT2D eigenvalue weighted by Crippen LogP contribution is 2.30. The Labute approximate surface area is 87.2 Å².